The van der Waals surface area contributed by atoms with Gasteiger partial charge in [-0.25, -0.2) is 4.79 Å². The largest absolute Gasteiger partial charge is 0.462 e. The molecule has 2 N–H and O–H groups in total. The molecule has 3 rings (SSSR count). The minimum atomic E-state index is -0.526. The molecule has 0 atom stereocenters. The molecule has 1 aromatic rings. The number of rotatable bonds is 10. The van der Waals surface area contributed by atoms with Gasteiger partial charge in [-0.3, -0.25) is 19.2 Å². The van der Waals surface area contributed by atoms with Crippen LogP contribution in [0.1, 0.15) is 71.0 Å². The second-order valence-corrected chi connectivity index (χ2v) is 10.1. The molecule has 0 aliphatic heterocycles. The lowest BCUT2D eigenvalue weighted by Gasteiger charge is -2.27. The fourth-order valence-electron chi connectivity index (χ4n) is 4.94. The SMILES string of the molecule is CCOC(=O)NCC1CCC(C(=O)Oc2coc(COC(=O)C3CCC(CNC(C)=O)CC3)cc2=O)CC1. The summed E-state index contributed by atoms with van der Waals surface area (Å²) in [5.41, 5.74) is -0.526. The lowest BCUT2D eigenvalue weighted by atomic mass is 9.82. The third-order valence-corrected chi connectivity index (χ3v) is 7.23. The van der Waals surface area contributed by atoms with E-state index in [1.54, 1.807) is 6.92 Å². The fourth-order valence-corrected chi connectivity index (χ4v) is 4.94. The Balaban J connectivity index is 1.38. The maximum atomic E-state index is 12.6. The van der Waals surface area contributed by atoms with Crippen molar-refractivity contribution in [3.8, 4) is 5.75 Å². The van der Waals surface area contributed by atoms with Crippen molar-refractivity contribution in [3.63, 3.8) is 0 Å². The molecule has 0 spiro atoms. The number of ether oxygens (including phenoxy) is 3. The van der Waals surface area contributed by atoms with Crippen molar-refractivity contribution in [2.45, 2.75) is 71.8 Å². The van der Waals surface area contributed by atoms with Gasteiger partial charge in [-0.1, -0.05) is 0 Å². The Morgan fingerprint density at radius 3 is 2.00 bits per heavy atom. The third-order valence-electron chi connectivity index (χ3n) is 7.23. The van der Waals surface area contributed by atoms with E-state index >= 15 is 0 Å². The van der Waals surface area contributed by atoms with E-state index in [9.17, 15) is 24.0 Å². The molecule has 2 aliphatic carbocycles. The van der Waals surface area contributed by atoms with E-state index in [0.29, 0.717) is 51.3 Å². The standard InChI is InChI=1S/C27H38N2O9/c1-3-35-27(34)29-14-19-6-10-21(11-7-19)26(33)38-24-16-36-22(12-23(24)31)15-37-25(32)20-8-4-18(5-9-20)13-28-17(2)30/h12,16,18-21H,3-11,13-15H2,1-2H3,(H,28,30)(H,29,34). The van der Waals surface area contributed by atoms with Crippen molar-refractivity contribution in [1.29, 1.82) is 0 Å². The van der Waals surface area contributed by atoms with Gasteiger partial charge in [-0.2, -0.15) is 0 Å². The maximum absolute atomic E-state index is 12.6. The quantitative estimate of drug-likeness (QED) is 0.432. The number of hydrogen-bond donors (Lipinski definition) is 2. The zero-order chi connectivity index (χ0) is 27.5. The van der Waals surface area contributed by atoms with Crippen LogP contribution in [0, 0.1) is 23.7 Å². The Labute approximate surface area is 222 Å². The predicted molar refractivity (Wildman–Crippen MR) is 135 cm³/mol. The fraction of sp³-hybridized carbons (Fsp3) is 0.667. The Kier molecular flexibility index (Phi) is 11.2. The Morgan fingerprint density at radius 2 is 1.45 bits per heavy atom. The van der Waals surface area contributed by atoms with E-state index < -0.39 is 17.5 Å². The first kappa shape index (κ1) is 29.2. The highest BCUT2D eigenvalue weighted by molar-refractivity contribution is 5.75. The second kappa shape index (κ2) is 14.5. The lowest BCUT2D eigenvalue weighted by Crippen LogP contribution is -2.33. The van der Waals surface area contributed by atoms with Crippen molar-refractivity contribution in [1.82, 2.24) is 10.6 Å². The minimum Gasteiger partial charge on any atom is -0.462 e. The second-order valence-electron chi connectivity index (χ2n) is 10.1. The number of amides is 2. The van der Waals surface area contributed by atoms with Gasteiger partial charge in [0.25, 0.3) is 0 Å². The molecule has 0 saturated heterocycles. The van der Waals surface area contributed by atoms with Crippen molar-refractivity contribution >= 4 is 23.9 Å². The van der Waals surface area contributed by atoms with Gasteiger partial charge in [0.1, 0.15) is 18.6 Å². The summed E-state index contributed by atoms with van der Waals surface area (Å²) in [6.07, 6.45) is 6.38. The highest BCUT2D eigenvalue weighted by Gasteiger charge is 2.29. The van der Waals surface area contributed by atoms with E-state index in [0.717, 1.165) is 38.0 Å². The monoisotopic (exact) mass is 534 g/mol. The third kappa shape index (κ3) is 9.18. The first-order valence-electron chi connectivity index (χ1n) is 13.4. The molecule has 11 nitrogen and oxygen atoms in total. The molecule has 0 aromatic carbocycles. The summed E-state index contributed by atoms with van der Waals surface area (Å²) >= 11 is 0. The molecule has 0 bridgehead atoms. The lowest BCUT2D eigenvalue weighted by molar-refractivity contribution is -0.152. The number of carbonyl (C=O) groups excluding carboxylic acids is 4. The van der Waals surface area contributed by atoms with Crippen LogP contribution in [0.15, 0.2) is 21.5 Å². The van der Waals surface area contributed by atoms with Crippen LogP contribution >= 0.6 is 0 Å². The Hall–Kier alpha value is -3.37. The van der Waals surface area contributed by atoms with Gasteiger partial charge in [-0.15, -0.1) is 0 Å². The number of esters is 2. The number of nitrogens with one attached hydrogen (secondary N) is 2. The topological polar surface area (TPSA) is 150 Å². The molecule has 2 amide bonds. The van der Waals surface area contributed by atoms with E-state index in [-0.39, 0.29) is 47.7 Å². The summed E-state index contributed by atoms with van der Waals surface area (Å²) in [7, 11) is 0. The average Bonchev–Trinajstić information content (AvgIpc) is 2.91. The predicted octanol–water partition coefficient (Wildman–Crippen LogP) is 3.08. The Morgan fingerprint density at radius 1 is 0.868 bits per heavy atom. The Bertz CT molecular complexity index is 1020. The number of carbonyl (C=O) groups is 4. The van der Waals surface area contributed by atoms with Gasteiger partial charge in [0.05, 0.1) is 18.4 Å². The first-order chi connectivity index (χ1) is 18.2. The molecule has 1 aromatic heterocycles. The van der Waals surface area contributed by atoms with Crippen molar-refractivity contribution in [2.75, 3.05) is 19.7 Å². The molecule has 2 fully saturated rings. The molecule has 11 heteroatoms. The van der Waals surface area contributed by atoms with E-state index in [1.807, 2.05) is 0 Å². The van der Waals surface area contributed by atoms with E-state index in [2.05, 4.69) is 10.6 Å². The van der Waals surface area contributed by atoms with Crippen LogP contribution < -0.4 is 20.8 Å². The van der Waals surface area contributed by atoms with Crippen molar-refractivity contribution in [2.24, 2.45) is 23.7 Å². The van der Waals surface area contributed by atoms with Crippen LogP contribution in [-0.2, 0) is 30.5 Å². The first-order valence-corrected chi connectivity index (χ1v) is 13.4. The van der Waals surface area contributed by atoms with Gasteiger partial charge in [0.15, 0.2) is 0 Å². The van der Waals surface area contributed by atoms with Crippen LogP contribution in [0.5, 0.6) is 5.75 Å². The molecule has 0 radical (unpaired) electrons. The van der Waals surface area contributed by atoms with Crippen LogP contribution in [0.2, 0.25) is 0 Å². The highest BCUT2D eigenvalue weighted by Crippen LogP contribution is 2.30. The van der Waals surface area contributed by atoms with E-state index in [1.165, 1.54) is 6.92 Å². The van der Waals surface area contributed by atoms with Crippen LogP contribution in [0.25, 0.3) is 0 Å². The molecule has 38 heavy (non-hydrogen) atoms. The summed E-state index contributed by atoms with van der Waals surface area (Å²) in [5.74, 6) is -0.844. The summed E-state index contributed by atoms with van der Waals surface area (Å²) in [4.78, 5) is 59.9. The molecule has 210 valence electrons. The zero-order valence-corrected chi connectivity index (χ0v) is 22.1. The van der Waals surface area contributed by atoms with Crippen LogP contribution in [-0.4, -0.2) is 43.6 Å². The average molecular weight is 535 g/mol. The zero-order valence-electron chi connectivity index (χ0n) is 22.1. The maximum Gasteiger partial charge on any atom is 0.407 e. The molecule has 2 aliphatic rings. The van der Waals surface area contributed by atoms with Gasteiger partial charge in [0, 0.05) is 26.1 Å². The van der Waals surface area contributed by atoms with Crippen LogP contribution in [0.4, 0.5) is 4.79 Å². The summed E-state index contributed by atoms with van der Waals surface area (Å²) in [6.45, 7) is 4.48. The summed E-state index contributed by atoms with van der Waals surface area (Å²) in [6, 6.07) is 1.16. The summed E-state index contributed by atoms with van der Waals surface area (Å²) < 4.78 is 20.9. The van der Waals surface area contributed by atoms with Crippen molar-refractivity contribution < 1.29 is 37.8 Å². The number of hydrogen-bond acceptors (Lipinski definition) is 9. The normalized spacial score (nSPS) is 23.1. The molecule has 2 saturated carbocycles. The van der Waals surface area contributed by atoms with Gasteiger partial charge >= 0.3 is 18.0 Å². The minimum absolute atomic E-state index is 0.0573. The highest BCUT2D eigenvalue weighted by atomic mass is 16.6. The molecule has 1 heterocycles. The van der Waals surface area contributed by atoms with E-state index in [4.69, 9.17) is 18.6 Å². The van der Waals surface area contributed by atoms with Gasteiger partial charge < -0.3 is 29.3 Å². The summed E-state index contributed by atoms with van der Waals surface area (Å²) in [5, 5.41) is 5.53. The molecule has 0 unspecified atom stereocenters. The molecular weight excluding hydrogens is 496 g/mol. The molecular formula is C27H38N2O9. The van der Waals surface area contributed by atoms with Gasteiger partial charge in [0.2, 0.25) is 17.1 Å². The van der Waals surface area contributed by atoms with Crippen molar-refractivity contribution in [3.05, 3.63) is 28.3 Å². The van der Waals surface area contributed by atoms with Crippen LogP contribution in [0.3, 0.4) is 0 Å². The number of alkyl carbamates (subject to hydrolysis) is 1. The van der Waals surface area contributed by atoms with Gasteiger partial charge in [-0.05, 0) is 70.1 Å². The smallest absolute Gasteiger partial charge is 0.407 e.